The normalized spacial score (nSPS) is 13.8. The Morgan fingerprint density at radius 2 is 1.81 bits per heavy atom. The third kappa shape index (κ3) is 2.54. The highest BCUT2D eigenvalue weighted by Gasteiger charge is 2.26. The van der Waals surface area contributed by atoms with Crippen LogP contribution in [0.1, 0.15) is 11.1 Å². The number of hydrogen-bond donors (Lipinski definition) is 1. The summed E-state index contributed by atoms with van der Waals surface area (Å²) in [5.74, 6) is 0.278. The first-order valence-electron chi connectivity index (χ1n) is 6.83. The summed E-state index contributed by atoms with van der Waals surface area (Å²) in [6.45, 7) is 0. The number of methoxy groups -OCH3 is 1. The van der Waals surface area contributed by atoms with Gasteiger partial charge in [-0.1, -0.05) is 30.3 Å². The number of para-hydroxylation sites is 1. The van der Waals surface area contributed by atoms with Crippen LogP contribution in [0.5, 0.6) is 5.75 Å². The number of nitro groups is 1. The summed E-state index contributed by atoms with van der Waals surface area (Å²) in [6, 6.07) is 13.5. The molecule has 0 aliphatic heterocycles. The Morgan fingerprint density at radius 1 is 1.14 bits per heavy atom. The minimum Gasteiger partial charge on any atom is -0.490 e. The molecule has 0 fully saturated rings. The molecule has 0 saturated heterocycles. The van der Waals surface area contributed by atoms with Crippen LogP contribution in [0, 0.1) is 10.1 Å². The number of rotatable bonds is 4. The van der Waals surface area contributed by atoms with E-state index in [-0.39, 0.29) is 17.5 Å². The van der Waals surface area contributed by atoms with Crippen LogP contribution in [0.15, 0.2) is 42.5 Å². The Balaban J connectivity index is 1.85. The van der Waals surface area contributed by atoms with E-state index < -0.39 is 4.92 Å². The standard InChI is InChI=1S/C16H16N2O3/c1-21-15-8-4-7-14(16(15)18(19)20)17-13-9-11-5-2-3-6-12(11)10-13/h2-8,13,17H,9-10H2,1H3. The van der Waals surface area contributed by atoms with E-state index in [1.807, 2.05) is 12.1 Å². The van der Waals surface area contributed by atoms with Gasteiger partial charge in [0.25, 0.3) is 0 Å². The minimum absolute atomic E-state index is 0.00374. The van der Waals surface area contributed by atoms with E-state index in [4.69, 9.17) is 4.74 Å². The molecule has 0 saturated carbocycles. The van der Waals surface area contributed by atoms with Gasteiger partial charge in [0.2, 0.25) is 0 Å². The number of nitrogens with zero attached hydrogens (tertiary/aromatic N) is 1. The van der Waals surface area contributed by atoms with Crippen molar-refractivity contribution in [1.82, 2.24) is 0 Å². The third-order valence-corrected chi connectivity index (χ3v) is 3.81. The molecule has 1 aliphatic carbocycles. The molecule has 0 unspecified atom stereocenters. The second kappa shape index (κ2) is 5.44. The number of ether oxygens (including phenoxy) is 1. The molecular weight excluding hydrogens is 268 g/mol. The molecule has 21 heavy (non-hydrogen) atoms. The molecule has 0 spiro atoms. The molecule has 0 aromatic heterocycles. The summed E-state index contributed by atoms with van der Waals surface area (Å²) in [7, 11) is 1.44. The van der Waals surface area contributed by atoms with Crippen LogP contribution in [0.4, 0.5) is 11.4 Å². The van der Waals surface area contributed by atoms with Crippen molar-refractivity contribution in [2.75, 3.05) is 12.4 Å². The van der Waals surface area contributed by atoms with Gasteiger partial charge in [-0.3, -0.25) is 10.1 Å². The van der Waals surface area contributed by atoms with Crippen molar-refractivity contribution >= 4 is 11.4 Å². The molecule has 0 radical (unpaired) electrons. The van der Waals surface area contributed by atoms with Crippen LogP contribution in [0.3, 0.4) is 0 Å². The van der Waals surface area contributed by atoms with Crippen molar-refractivity contribution in [3.8, 4) is 5.75 Å². The first-order valence-corrected chi connectivity index (χ1v) is 6.83. The highest BCUT2D eigenvalue weighted by molar-refractivity contribution is 5.69. The van der Waals surface area contributed by atoms with Crippen LogP contribution in [-0.4, -0.2) is 18.1 Å². The minimum atomic E-state index is -0.400. The fraction of sp³-hybridized carbons (Fsp3) is 0.250. The Labute approximate surface area is 122 Å². The lowest BCUT2D eigenvalue weighted by molar-refractivity contribution is -0.384. The molecule has 2 aromatic carbocycles. The number of fused-ring (bicyclic) bond motifs is 1. The summed E-state index contributed by atoms with van der Waals surface area (Å²) in [6.07, 6.45) is 1.76. The monoisotopic (exact) mass is 284 g/mol. The molecular formula is C16H16N2O3. The average molecular weight is 284 g/mol. The third-order valence-electron chi connectivity index (χ3n) is 3.81. The Kier molecular flexibility index (Phi) is 3.48. The number of anilines is 1. The predicted molar refractivity (Wildman–Crippen MR) is 80.9 cm³/mol. The molecule has 5 nitrogen and oxygen atoms in total. The number of benzene rings is 2. The largest absolute Gasteiger partial charge is 0.490 e. The lowest BCUT2D eigenvalue weighted by atomic mass is 10.1. The molecule has 1 aliphatic rings. The van der Waals surface area contributed by atoms with Crippen LogP contribution < -0.4 is 10.1 Å². The summed E-state index contributed by atoms with van der Waals surface area (Å²) in [5, 5.41) is 14.6. The first-order chi connectivity index (χ1) is 10.2. The van der Waals surface area contributed by atoms with Gasteiger partial charge >= 0.3 is 5.69 Å². The van der Waals surface area contributed by atoms with Gasteiger partial charge in [-0.15, -0.1) is 0 Å². The van der Waals surface area contributed by atoms with Gasteiger partial charge in [-0.2, -0.15) is 0 Å². The summed E-state index contributed by atoms with van der Waals surface area (Å²) in [5.41, 5.74) is 3.12. The second-order valence-corrected chi connectivity index (χ2v) is 5.13. The van der Waals surface area contributed by atoms with Crippen molar-refractivity contribution in [1.29, 1.82) is 0 Å². The maximum atomic E-state index is 11.3. The van der Waals surface area contributed by atoms with E-state index in [1.165, 1.54) is 18.2 Å². The highest BCUT2D eigenvalue weighted by Crippen LogP contribution is 2.36. The molecule has 5 heteroatoms. The van der Waals surface area contributed by atoms with E-state index in [9.17, 15) is 10.1 Å². The van der Waals surface area contributed by atoms with Crippen LogP contribution in [-0.2, 0) is 12.8 Å². The Hall–Kier alpha value is -2.56. The van der Waals surface area contributed by atoms with Gasteiger partial charge in [0.1, 0.15) is 5.69 Å². The van der Waals surface area contributed by atoms with Crippen LogP contribution >= 0.6 is 0 Å². The van der Waals surface area contributed by atoms with Crippen LogP contribution in [0.25, 0.3) is 0 Å². The van der Waals surface area contributed by atoms with Crippen molar-refractivity contribution in [3.63, 3.8) is 0 Å². The zero-order chi connectivity index (χ0) is 14.8. The van der Waals surface area contributed by atoms with Crippen molar-refractivity contribution in [3.05, 3.63) is 63.7 Å². The van der Waals surface area contributed by atoms with Crippen molar-refractivity contribution < 1.29 is 9.66 Å². The number of nitro benzene ring substituents is 1. The zero-order valence-corrected chi connectivity index (χ0v) is 11.7. The van der Waals surface area contributed by atoms with Gasteiger partial charge in [0, 0.05) is 6.04 Å². The van der Waals surface area contributed by atoms with E-state index in [0.29, 0.717) is 5.69 Å². The molecule has 3 rings (SSSR count). The maximum absolute atomic E-state index is 11.3. The molecule has 2 aromatic rings. The summed E-state index contributed by atoms with van der Waals surface area (Å²) >= 11 is 0. The molecule has 0 heterocycles. The van der Waals surface area contributed by atoms with Gasteiger partial charge < -0.3 is 10.1 Å². The molecule has 1 N–H and O–H groups in total. The van der Waals surface area contributed by atoms with E-state index in [0.717, 1.165) is 12.8 Å². The van der Waals surface area contributed by atoms with Gasteiger partial charge in [-0.05, 0) is 36.1 Å². The Morgan fingerprint density at radius 3 is 2.38 bits per heavy atom. The molecule has 0 amide bonds. The van der Waals surface area contributed by atoms with Gasteiger partial charge in [-0.25, -0.2) is 0 Å². The van der Waals surface area contributed by atoms with Gasteiger partial charge in [0.05, 0.1) is 12.0 Å². The van der Waals surface area contributed by atoms with Crippen LogP contribution in [0.2, 0.25) is 0 Å². The molecule has 108 valence electrons. The van der Waals surface area contributed by atoms with E-state index in [2.05, 4.69) is 17.4 Å². The lowest BCUT2D eigenvalue weighted by Crippen LogP contribution is -2.20. The molecule has 0 atom stereocenters. The van der Waals surface area contributed by atoms with Gasteiger partial charge in [0.15, 0.2) is 5.75 Å². The van der Waals surface area contributed by atoms with E-state index in [1.54, 1.807) is 18.2 Å². The van der Waals surface area contributed by atoms with E-state index >= 15 is 0 Å². The first kappa shape index (κ1) is 13.4. The maximum Gasteiger partial charge on any atom is 0.333 e. The summed E-state index contributed by atoms with van der Waals surface area (Å²) < 4.78 is 5.09. The fourth-order valence-electron chi connectivity index (χ4n) is 2.87. The summed E-state index contributed by atoms with van der Waals surface area (Å²) in [4.78, 5) is 10.9. The van der Waals surface area contributed by atoms with Crippen molar-refractivity contribution in [2.24, 2.45) is 0 Å². The predicted octanol–water partition coefficient (Wildman–Crippen LogP) is 3.18. The highest BCUT2D eigenvalue weighted by atomic mass is 16.6. The quantitative estimate of drug-likeness (QED) is 0.691. The average Bonchev–Trinajstić information content (AvgIpc) is 2.88. The second-order valence-electron chi connectivity index (χ2n) is 5.13. The smallest absolute Gasteiger partial charge is 0.333 e. The number of hydrogen-bond acceptors (Lipinski definition) is 4. The number of nitrogens with one attached hydrogen (secondary N) is 1. The fourth-order valence-corrected chi connectivity index (χ4v) is 2.87. The van der Waals surface area contributed by atoms with Crippen molar-refractivity contribution in [2.45, 2.75) is 18.9 Å². The topological polar surface area (TPSA) is 64.4 Å². The lowest BCUT2D eigenvalue weighted by Gasteiger charge is -2.14. The zero-order valence-electron chi connectivity index (χ0n) is 11.7. The molecule has 0 bridgehead atoms. The Bertz CT molecular complexity index is 660. The SMILES string of the molecule is COc1cccc(NC2Cc3ccccc3C2)c1[N+](=O)[O-].